The van der Waals surface area contributed by atoms with Crippen LogP contribution in [0.2, 0.25) is 0 Å². The molecule has 1 aliphatic carbocycles. The summed E-state index contributed by atoms with van der Waals surface area (Å²) in [5.41, 5.74) is 2.75. The van der Waals surface area contributed by atoms with Crippen molar-refractivity contribution in [1.82, 2.24) is 30.3 Å². The van der Waals surface area contributed by atoms with Crippen LogP contribution in [0.1, 0.15) is 61.4 Å². The molecule has 1 saturated carbocycles. The van der Waals surface area contributed by atoms with Gasteiger partial charge in [0.1, 0.15) is 23.3 Å². The van der Waals surface area contributed by atoms with Gasteiger partial charge in [-0.05, 0) is 56.2 Å². The van der Waals surface area contributed by atoms with E-state index in [1.54, 1.807) is 31.4 Å². The number of H-pyrrole nitrogens is 1. The van der Waals surface area contributed by atoms with Gasteiger partial charge in [0, 0.05) is 23.0 Å². The van der Waals surface area contributed by atoms with Gasteiger partial charge >= 0.3 is 0 Å². The molecule has 39 heavy (non-hydrogen) atoms. The molecular weight excluding hydrogens is 521 g/mol. The van der Waals surface area contributed by atoms with Gasteiger partial charge in [0.15, 0.2) is 0 Å². The Hall–Kier alpha value is -3.25. The van der Waals surface area contributed by atoms with Gasteiger partial charge in [-0.2, -0.15) is 14.6 Å². The third-order valence-corrected chi connectivity index (χ3v) is 8.14. The third-order valence-electron chi connectivity index (χ3n) is 7.39. The standard InChI is InChI=1S/C27H36FN7O3S/c1-5-20-23(17(3)33-34-20)19-10-11-22(30-25(19)28)31-27(37)24(18-8-6-16(2)7-9-18)32-26(36)21-12-13-29-35(21)14-15-39(4)38/h10-13,16,18,24H,5-9,14-15H2,1-4H3,(H,32,36)(H,33,34)(H,30,31,37)/t16-,18-,24-,39?/m0/s1. The summed E-state index contributed by atoms with van der Waals surface area (Å²) in [5.74, 6) is -0.690. The number of hydrogen-bond acceptors (Lipinski definition) is 6. The van der Waals surface area contributed by atoms with E-state index >= 15 is 4.39 Å². The third kappa shape index (κ3) is 6.85. The van der Waals surface area contributed by atoms with E-state index in [0.29, 0.717) is 41.5 Å². The van der Waals surface area contributed by atoms with E-state index in [4.69, 9.17) is 0 Å². The van der Waals surface area contributed by atoms with Gasteiger partial charge in [-0.25, -0.2) is 4.98 Å². The van der Waals surface area contributed by atoms with E-state index in [1.165, 1.54) is 10.9 Å². The molecule has 1 unspecified atom stereocenters. The van der Waals surface area contributed by atoms with Crippen LogP contribution in [-0.4, -0.2) is 59.4 Å². The number of pyridine rings is 1. The maximum absolute atomic E-state index is 15.1. The van der Waals surface area contributed by atoms with E-state index in [-0.39, 0.29) is 17.4 Å². The highest BCUT2D eigenvalue weighted by atomic mass is 32.2. The fourth-order valence-corrected chi connectivity index (χ4v) is 5.57. The van der Waals surface area contributed by atoms with Gasteiger partial charge in [0.25, 0.3) is 5.91 Å². The number of carbonyl (C=O) groups excluding carboxylic acids is 2. The highest BCUT2D eigenvalue weighted by molar-refractivity contribution is 7.90. The number of amides is 2. The quantitative estimate of drug-likeness (QED) is 0.257. The van der Waals surface area contributed by atoms with Crippen molar-refractivity contribution < 1.29 is 18.5 Å². The molecule has 210 valence electrons. The molecule has 10 nitrogen and oxygen atoms in total. The zero-order valence-corrected chi connectivity index (χ0v) is 23.6. The van der Waals surface area contributed by atoms with Crippen molar-refractivity contribution in [3.05, 3.63) is 47.4 Å². The Morgan fingerprint density at radius 3 is 2.67 bits per heavy atom. The molecule has 2 atom stereocenters. The molecule has 4 rings (SSSR count). The number of aryl methyl sites for hydroxylation is 3. The van der Waals surface area contributed by atoms with Crippen molar-refractivity contribution in [3.63, 3.8) is 0 Å². The summed E-state index contributed by atoms with van der Waals surface area (Å²) < 4.78 is 28.1. The molecule has 3 aromatic rings. The number of nitrogens with zero attached hydrogens (tertiary/aromatic N) is 4. The monoisotopic (exact) mass is 557 g/mol. The van der Waals surface area contributed by atoms with Crippen LogP contribution in [0.15, 0.2) is 24.4 Å². The summed E-state index contributed by atoms with van der Waals surface area (Å²) in [5, 5.41) is 16.9. The van der Waals surface area contributed by atoms with Crippen LogP contribution in [0.4, 0.5) is 10.2 Å². The van der Waals surface area contributed by atoms with Crippen molar-refractivity contribution in [2.24, 2.45) is 11.8 Å². The Morgan fingerprint density at radius 2 is 2.00 bits per heavy atom. The minimum absolute atomic E-state index is 0.0688. The van der Waals surface area contributed by atoms with Gasteiger partial charge in [-0.1, -0.05) is 37.9 Å². The molecule has 1 aliphatic rings. The topological polar surface area (TPSA) is 141 Å². The molecule has 12 heteroatoms. The van der Waals surface area contributed by atoms with Gasteiger partial charge in [0.2, 0.25) is 11.9 Å². The Labute approximate surface area is 230 Å². The van der Waals surface area contributed by atoms with Crippen molar-refractivity contribution >= 4 is 28.8 Å². The highest BCUT2D eigenvalue weighted by Gasteiger charge is 2.33. The van der Waals surface area contributed by atoms with Crippen LogP contribution in [0.25, 0.3) is 11.1 Å². The number of aromatic amines is 1. The average Bonchev–Trinajstić information content (AvgIpc) is 3.53. The summed E-state index contributed by atoms with van der Waals surface area (Å²) in [6.45, 7) is 6.25. The van der Waals surface area contributed by atoms with Crippen molar-refractivity contribution in [1.29, 1.82) is 0 Å². The smallest absolute Gasteiger partial charge is 0.270 e. The Balaban J connectivity index is 1.53. The Kier molecular flexibility index (Phi) is 9.39. The zero-order chi connectivity index (χ0) is 28.1. The van der Waals surface area contributed by atoms with E-state index in [2.05, 4.69) is 37.8 Å². The van der Waals surface area contributed by atoms with Crippen LogP contribution in [0, 0.1) is 24.7 Å². The molecule has 3 aromatic heterocycles. The van der Waals surface area contributed by atoms with E-state index in [1.807, 2.05) is 6.92 Å². The summed E-state index contributed by atoms with van der Waals surface area (Å²) in [6.07, 6.45) is 7.24. The maximum Gasteiger partial charge on any atom is 0.270 e. The second kappa shape index (κ2) is 12.7. The Morgan fingerprint density at radius 1 is 1.26 bits per heavy atom. The number of hydrogen-bond donors (Lipinski definition) is 3. The number of carbonyl (C=O) groups is 2. The molecular formula is C27H36FN7O3S. The lowest BCUT2D eigenvalue weighted by atomic mass is 9.79. The lowest BCUT2D eigenvalue weighted by Gasteiger charge is -2.32. The summed E-state index contributed by atoms with van der Waals surface area (Å²) in [4.78, 5) is 30.8. The first kappa shape index (κ1) is 28.8. The molecule has 3 heterocycles. The second-order valence-electron chi connectivity index (χ2n) is 10.2. The number of rotatable bonds is 10. The number of nitrogens with one attached hydrogen (secondary N) is 3. The average molecular weight is 558 g/mol. The Bertz CT molecular complexity index is 1300. The minimum atomic E-state index is -1.04. The van der Waals surface area contributed by atoms with Crippen LogP contribution in [0.5, 0.6) is 0 Å². The highest BCUT2D eigenvalue weighted by Crippen LogP contribution is 2.32. The molecule has 0 aliphatic heterocycles. The summed E-state index contributed by atoms with van der Waals surface area (Å²) >= 11 is -1.04. The largest absolute Gasteiger partial charge is 0.617 e. The first-order valence-corrected chi connectivity index (χ1v) is 15.0. The van der Waals surface area contributed by atoms with Crippen LogP contribution >= 0.6 is 0 Å². The van der Waals surface area contributed by atoms with Gasteiger partial charge in [0.05, 0.1) is 18.5 Å². The molecule has 0 spiro atoms. The predicted octanol–water partition coefficient (Wildman–Crippen LogP) is 3.62. The second-order valence-corrected chi connectivity index (χ2v) is 11.8. The van der Waals surface area contributed by atoms with Gasteiger partial charge in [-0.3, -0.25) is 19.4 Å². The number of aromatic nitrogens is 5. The molecule has 0 aromatic carbocycles. The lowest BCUT2D eigenvalue weighted by Crippen LogP contribution is -2.49. The van der Waals surface area contributed by atoms with Crippen molar-refractivity contribution in [3.8, 4) is 11.1 Å². The van der Waals surface area contributed by atoms with E-state index in [9.17, 15) is 14.1 Å². The van der Waals surface area contributed by atoms with Crippen LogP contribution < -0.4 is 10.6 Å². The first-order chi connectivity index (χ1) is 18.7. The zero-order valence-electron chi connectivity index (χ0n) is 22.8. The van der Waals surface area contributed by atoms with E-state index in [0.717, 1.165) is 31.4 Å². The maximum atomic E-state index is 15.1. The summed E-state index contributed by atoms with van der Waals surface area (Å²) in [6, 6.07) is 3.88. The molecule has 0 saturated heterocycles. The van der Waals surface area contributed by atoms with Crippen molar-refractivity contribution in [2.75, 3.05) is 17.3 Å². The SMILES string of the molecule is CCc1[nH]nc(C)c1-c1ccc(NC(=O)[C@@H](NC(=O)c2ccnn2CC[S+](C)[O-])[C@H]2CC[C@H](C)CC2)nc1F. The van der Waals surface area contributed by atoms with Gasteiger partial charge in [-0.15, -0.1) is 0 Å². The van der Waals surface area contributed by atoms with E-state index < -0.39 is 35.0 Å². The fraction of sp³-hybridized carbons (Fsp3) is 0.519. The van der Waals surface area contributed by atoms with Gasteiger partial charge < -0.3 is 15.2 Å². The molecule has 3 N–H and O–H groups in total. The van der Waals surface area contributed by atoms with Crippen LogP contribution in [-0.2, 0) is 28.9 Å². The normalized spacial score (nSPS) is 18.9. The first-order valence-electron chi connectivity index (χ1n) is 13.3. The number of anilines is 1. The molecule has 0 bridgehead atoms. The fourth-order valence-electron chi connectivity index (χ4n) is 5.14. The molecule has 0 radical (unpaired) electrons. The minimum Gasteiger partial charge on any atom is -0.617 e. The molecule has 2 amide bonds. The lowest BCUT2D eigenvalue weighted by molar-refractivity contribution is -0.119. The van der Waals surface area contributed by atoms with Crippen LogP contribution in [0.3, 0.4) is 0 Å². The van der Waals surface area contributed by atoms with Crippen molar-refractivity contribution in [2.45, 2.75) is 65.5 Å². The summed E-state index contributed by atoms with van der Waals surface area (Å²) in [7, 11) is 0. The predicted molar refractivity (Wildman–Crippen MR) is 148 cm³/mol. The molecule has 1 fully saturated rings. The number of halogens is 1.